The average molecular weight is 295 g/mol. The quantitative estimate of drug-likeness (QED) is 0.688. The van der Waals surface area contributed by atoms with E-state index in [1.165, 1.54) is 12.1 Å². The molecule has 2 aliphatic rings. The molecule has 20 heavy (non-hydrogen) atoms. The second-order valence-corrected chi connectivity index (χ2v) is 5.00. The van der Waals surface area contributed by atoms with Gasteiger partial charge in [-0.15, -0.1) is 0 Å². The first-order valence-corrected chi connectivity index (χ1v) is 6.67. The van der Waals surface area contributed by atoms with Crippen molar-refractivity contribution < 1.29 is 18.0 Å². The lowest BCUT2D eigenvalue weighted by Crippen LogP contribution is -2.35. The van der Waals surface area contributed by atoms with Crippen LogP contribution in [-0.4, -0.2) is 5.78 Å². The molecule has 0 bridgehead atoms. The highest BCUT2D eigenvalue weighted by Crippen LogP contribution is 2.28. The number of ketones is 1. The largest absolute Gasteiger partial charge is 0.418 e. The number of hydrogen-bond acceptors (Lipinski definition) is 3. The van der Waals surface area contributed by atoms with E-state index < -0.39 is 11.7 Å². The maximum absolute atomic E-state index is 13.0. The fourth-order valence-corrected chi connectivity index (χ4v) is 2.92. The van der Waals surface area contributed by atoms with Crippen molar-refractivity contribution in [1.82, 2.24) is 0 Å². The highest BCUT2D eigenvalue weighted by atomic mass is 32.2. The van der Waals surface area contributed by atoms with E-state index in [2.05, 4.69) is 4.40 Å². The Hall–Kier alpha value is -1.82. The van der Waals surface area contributed by atoms with Crippen molar-refractivity contribution in [2.24, 2.45) is 4.40 Å². The van der Waals surface area contributed by atoms with Gasteiger partial charge < -0.3 is 0 Å². The molecule has 0 saturated heterocycles. The van der Waals surface area contributed by atoms with Crippen LogP contribution in [0.1, 0.15) is 12.0 Å². The topological polar surface area (TPSA) is 29.4 Å². The monoisotopic (exact) mass is 295 g/mol. The van der Waals surface area contributed by atoms with Crippen LogP contribution < -0.4 is 10.6 Å². The summed E-state index contributed by atoms with van der Waals surface area (Å²) in [7, 11) is 0. The van der Waals surface area contributed by atoms with E-state index in [9.17, 15) is 18.0 Å². The maximum Gasteiger partial charge on any atom is 0.418 e. The van der Waals surface area contributed by atoms with Gasteiger partial charge in [-0.2, -0.15) is 13.2 Å². The zero-order chi connectivity index (χ0) is 14.3. The van der Waals surface area contributed by atoms with Gasteiger partial charge in [-0.05, 0) is 11.6 Å². The Morgan fingerprint density at radius 3 is 2.80 bits per heavy atom. The third-order valence-corrected chi connectivity index (χ3v) is 3.75. The summed E-state index contributed by atoms with van der Waals surface area (Å²) in [6.45, 7) is 0. The van der Waals surface area contributed by atoms with Gasteiger partial charge in [0.1, 0.15) is 0 Å². The molecule has 0 fully saturated rings. The molecule has 0 saturated carbocycles. The number of carbonyl (C=O) groups excluding carboxylic acids is 1. The number of Topliss-reactive ketones (excluding diaryl/α,β-unsaturated/α-hetero) is 1. The highest BCUT2D eigenvalue weighted by Gasteiger charge is 2.33. The van der Waals surface area contributed by atoms with Gasteiger partial charge >= 0.3 is 6.18 Å². The summed E-state index contributed by atoms with van der Waals surface area (Å²) in [5.41, 5.74) is 0.127. The Morgan fingerprint density at radius 1 is 1.25 bits per heavy atom. The summed E-state index contributed by atoms with van der Waals surface area (Å²) < 4.78 is 43.0. The van der Waals surface area contributed by atoms with Crippen molar-refractivity contribution in [3.05, 3.63) is 57.5 Å². The molecule has 1 aliphatic heterocycles. The van der Waals surface area contributed by atoms with Crippen LogP contribution in [0.5, 0.6) is 0 Å². The first kappa shape index (κ1) is 13.2. The van der Waals surface area contributed by atoms with Gasteiger partial charge in [-0.1, -0.05) is 24.3 Å². The predicted octanol–water partition coefficient (Wildman–Crippen LogP) is 2.55. The minimum absolute atomic E-state index is 0.171. The molecule has 2 nitrogen and oxygen atoms in total. The minimum atomic E-state index is -4.49. The number of nitrogens with zero attached hydrogens (tertiary/aromatic N) is 1. The number of fused-ring (bicyclic) bond motifs is 2. The summed E-state index contributed by atoms with van der Waals surface area (Å²) in [4.78, 5) is 12.0. The predicted molar refractivity (Wildman–Crippen MR) is 70.1 cm³/mol. The van der Waals surface area contributed by atoms with Crippen molar-refractivity contribution in [3.63, 3.8) is 0 Å². The first-order valence-electron chi connectivity index (χ1n) is 5.83. The average Bonchev–Trinajstić information content (AvgIpc) is 2.57. The van der Waals surface area contributed by atoms with Gasteiger partial charge in [0.2, 0.25) is 0 Å². The molecule has 1 heterocycles. The van der Waals surface area contributed by atoms with Crippen LogP contribution in [0.25, 0.3) is 5.57 Å². The molecular formula is C14H8F3NOS. The third kappa shape index (κ3) is 2.10. The smallest absolute Gasteiger partial charge is 0.294 e. The number of allylic oxidation sites excluding steroid dienone is 3. The van der Waals surface area contributed by atoms with E-state index in [4.69, 9.17) is 0 Å². The molecular weight excluding hydrogens is 287 g/mol. The standard InChI is InChI=1S/C14H8F3NOS/c15-14(16,17)10-5-2-4-9-12-8(3-1-6-11(12)19)7-20-18-13(9)10/h1-5,7H,6H2. The van der Waals surface area contributed by atoms with Crippen LogP contribution in [0.2, 0.25) is 0 Å². The number of hydrogen-bond donors (Lipinski definition) is 0. The lowest BCUT2D eigenvalue weighted by atomic mass is 9.92. The summed E-state index contributed by atoms with van der Waals surface area (Å²) in [6, 6.07) is 3.81. The van der Waals surface area contributed by atoms with Crippen LogP contribution in [0, 0.1) is 0 Å². The fraction of sp³-hybridized carbons (Fsp3) is 0.143. The maximum atomic E-state index is 13.0. The minimum Gasteiger partial charge on any atom is -0.294 e. The first-order chi connectivity index (χ1) is 9.48. The number of carbonyl (C=O) groups is 1. The number of rotatable bonds is 0. The summed E-state index contributed by atoms with van der Waals surface area (Å²) >= 11 is 0.915. The molecule has 0 atom stereocenters. The van der Waals surface area contributed by atoms with Crippen LogP contribution in [0.3, 0.4) is 0 Å². The molecule has 0 aromatic heterocycles. The molecule has 0 spiro atoms. The number of benzene rings is 1. The van der Waals surface area contributed by atoms with E-state index in [0.29, 0.717) is 11.1 Å². The Balaban J connectivity index is 2.45. The molecule has 0 unspecified atom stereocenters. The summed E-state index contributed by atoms with van der Waals surface area (Å²) in [5, 5.41) is 1.68. The number of alkyl halides is 3. The molecule has 3 rings (SSSR count). The van der Waals surface area contributed by atoms with Crippen molar-refractivity contribution in [1.29, 1.82) is 0 Å². The second-order valence-electron chi connectivity index (χ2n) is 4.37. The Labute approximate surface area is 116 Å². The molecule has 6 heteroatoms. The van der Waals surface area contributed by atoms with Gasteiger partial charge in [0.15, 0.2) is 5.78 Å². The van der Waals surface area contributed by atoms with E-state index in [1.54, 1.807) is 17.6 Å². The Kier molecular flexibility index (Phi) is 3.05. The molecule has 0 amide bonds. The second kappa shape index (κ2) is 4.63. The highest BCUT2D eigenvalue weighted by molar-refractivity contribution is 8.00. The van der Waals surface area contributed by atoms with Crippen molar-refractivity contribution in [2.45, 2.75) is 12.6 Å². The van der Waals surface area contributed by atoms with Gasteiger partial charge in [0, 0.05) is 34.6 Å². The van der Waals surface area contributed by atoms with Gasteiger partial charge in [-0.3, -0.25) is 4.79 Å². The lowest BCUT2D eigenvalue weighted by molar-refractivity contribution is -0.138. The van der Waals surface area contributed by atoms with Crippen molar-refractivity contribution in [2.75, 3.05) is 0 Å². The van der Waals surface area contributed by atoms with Crippen LogP contribution >= 0.6 is 11.9 Å². The van der Waals surface area contributed by atoms with E-state index in [-0.39, 0.29) is 22.8 Å². The van der Waals surface area contributed by atoms with E-state index in [0.717, 1.165) is 18.0 Å². The van der Waals surface area contributed by atoms with E-state index >= 15 is 0 Å². The van der Waals surface area contributed by atoms with Crippen LogP contribution in [0.15, 0.2) is 45.7 Å². The third-order valence-electron chi connectivity index (χ3n) is 3.10. The summed E-state index contributed by atoms with van der Waals surface area (Å²) in [6.07, 6.45) is -0.841. The molecule has 0 N–H and O–H groups in total. The fourth-order valence-electron chi connectivity index (χ4n) is 2.25. The SMILES string of the molecule is O=C1CC=CC2=CSN=c3c(C(F)(F)F)cccc3=C12. The number of halogens is 3. The van der Waals surface area contributed by atoms with Crippen molar-refractivity contribution >= 4 is 23.3 Å². The molecule has 0 radical (unpaired) electrons. The van der Waals surface area contributed by atoms with Gasteiger partial charge in [0.05, 0.1) is 10.9 Å². The Bertz CT molecular complexity index is 775. The van der Waals surface area contributed by atoms with Crippen molar-refractivity contribution in [3.8, 4) is 0 Å². The molecule has 102 valence electrons. The molecule has 1 aromatic carbocycles. The summed E-state index contributed by atoms with van der Waals surface area (Å²) in [5.74, 6) is -0.183. The zero-order valence-corrected chi connectivity index (χ0v) is 10.9. The lowest BCUT2D eigenvalue weighted by Gasteiger charge is -2.11. The van der Waals surface area contributed by atoms with Gasteiger partial charge in [0.25, 0.3) is 0 Å². The Morgan fingerprint density at radius 2 is 2.05 bits per heavy atom. The molecule has 1 aliphatic carbocycles. The van der Waals surface area contributed by atoms with E-state index in [1.807, 2.05) is 0 Å². The van der Waals surface area contributed by atoms with Crippen LogP contribution in [0.4, 0.5) is 13.2 Å². The van der Waals surface area contributed by atoms with Crippen LogP contribution in [-0.2, 0) is 11.0 Å². The molecule has 1 aromatic rings. The normalized spacial score (nSPS) is 17.9. The zero-order valence-electron chi connectivity index (χ0n) is 10.1. The van der Waals surface area contributed by atoms with Gasteiger partial charge in [-0.25, -0.2) is 4.40 Å².